The maximum Gasteiger partial charge on any atom is 0.0702 e. The largest absolute Gasteiger partial charge is 0.285 e. The van der Waals surface area contributed by atoms with Gasteiger partial charge in [0.15, 0.2) is 0 Å². The first-order chi connectivity index (χ1) is 10.4. The maximum absolute atomic E-state index is 4.35. The van der Waals surface area contributed by atoms with Crippen molar-refractivity contribution in [1.29, 1.82) is 0 Å². The summed E-state index contributed by atoms with van der Waals surface area (Å²) < 4.78 is 0. The van der Waals surface area contributed by atoms with Crippen LogP contribution in [0.15, 0.2) is 73.2 Å². The van der Waals surface area contributed by atoms with Crippen molar-refractivity contribution in [2.24, 2.45) is 0 Å². The first kappa shape index (κ1) is 11.9. The number of H-pyrrole nitrogens is 1. The number of nitrogens with zero attached hydrogens (tertiary/aromatic N) is 2. The molecule has 100 valence electrons. The summed E-state index contributed by atoms with van der Waals surface area (Å²) in [5, 5.41) is 7.98. The summed E-state index contributed by atoms with van der Waals surface area (Å²) in [7, 11) is 0. The molecule has 0 bridgehead atoms. The van der Waals surface area contributed by atoms with Crippen LogP contribution in [0.4, 0.5) is 0 Å². The number of fused-ring (bicyclic) bond motifs is 1. The van der Waals surface area contributed by atoms with Crippen molar-refractivity contribution in [3.8, 4) is 22.3 Å². The van der Waals surface area contributed by atoms with Crippen LogP contribution in [0.3, 0.4) is 0 Å². The Kier molecular flexibility index (Phi) is 2.75. The molecule has 0 fully saturated rings. The highest BCUT2D eigenvalue weighted by Gasteiger charge is 2.02. The molecule has 0 radical (unpaired) electrons. The average molecular weight is 271 g/mol. The molecule has 3 nitrogen and oxygen atoms in total. The van der Waals surface area contributed by atoms with Gasteiger partial charge in [-0.05, 0) is 34.9 Å². The van der Waals surface area contributed by atoms with E-state index in [0.717, 1.165) is 22.0 Å². The summed E-state index contributed by atoms with van der Waals surface area (Å²) in [5.74, 6) is 0. The number of hydrogen-bond donors (Lipinski definition) is 1. The number of aromatic nitrogens is 3. The van der Waals surface area contributed by atoms with Gasteiger partial charge in [0.05, 0.1) is 11.7 Å². The van der Waals surface area contributed by atoms with Crippen LogP contribution in [0.5, 0.6) is 0 Å². The quantitative estimate of drug-likeness (QED) is 0.591. The lowest BCUT2D eigenvalue weighted by molar-refractivity contribution is 1.09. The van der Waals surface area contributed by atoms with Crippen LogP contribution in [0, 0.1) is 0 Å². The highest BCUT2D eigenvalue weighted by Crippen LogP contribution is 2.26. The molecular formula is C18H13N3. The third-order valence-corrected chi connectivity index (χ3v) is 3.65. The first-order valence-electron chi connectivity index (χ1n) is 6.84. The zero-order valence-corrected chi connectivity index (χ0v) is 11.3. The fourth-order valence-corrected chi connectivity index (χ4v) is 2.52. The topological polar surface area (TPSA) is 41.6 Å². The van der Waals surface area contributed by atoms with Gasteiger partial charge in [0.2, 0.25) is 0 Å². The number of benzene rings is 2. The number of rotatable bonds is 2. The molecule has 0 spiro atoms. The monoisotopic (exact) mass is 271 g/mol. The van der Waals surface area contributed by atoms with Gasteiger partial charge in [0.1, 0.15) is 0 Å². The summed E-state index contributed by atoms with van der Waals surface area (Å²) in [6, 6.07) is 18.9. The molecule has 0 unspecified atom stereocenters. The summed E-state index contributed by atoms with van der Waals surface area (Å²) in [6.45, 7) is 0. The Morgan fingerprint density at radius 2 is 1.52 bits per heavy atom. The van der Waals surface area contributed by atoms with Crippen molar-refractivity contribution in [2.75, 3.05) is 0 Å². The Balaban J connectivity index is 1.74. The molecule has 21 heavy (non-hydrogen) atoms. The summed E-state index contributed by atoms with van der Waals surface area (Å²) in [5.41, 5.74) is 5.69. The van der Waals surface area contributed by atoms with Gasteiger partial charge in [-0.25, -0.2) is 0 Å². The van der Waals surface area contributed by atoms with Gasteiger partial charge in [-0.15, -0.1) is 0 Å². The Hall–Kier alpha value is -2.94. The van der Waals surface area contributed by atoms with E-state index in [1.165, 1.54) is 11.1 Å². The van der Waals surface area contributed by atoms with Crippen LogP contribution in [0.2, 0.25) is 0 Å². The second-order valence-electron chi connectivity index (χ2n) is 4.98. The predicted molar refractivity (Wildman–Crippen MR) is 84.8 cm³/mol. The van der Waals surface area contributed by atoms with Crippen molar-refractivity contribution in [3.05, 3.63) is 73.2 Å². The van der Waals surface area contributed by atoms with Crippen LogP contribution < -0.4 is 0 Å². The Morgan fingerprint density at radius 1 is 0.762 bits per heavy atom. The zero-order chi connectivity index (χ0) is 14.1. The molecule has 0 atom stereocenters. The van der Waals surface area contributed by atoms with Gasteiger partial charge in [0.25, 0.3) is 0 Å². The standard InChI is InChI=1S/C18H13N3/c1-2-16-10-15(7-8-18(16)19-9-1)13-3-5-14(6-4-13)17-11-20-21-12-17/h1-12H,(H,20,21). The van der Waals surface area contributed by atoms with Crippen LogP contribution in [-0.2, 0) is 0 Å². The van der Waals surface area contributed by atoms with Crippen molar-refractivity contribution < 1.29 is 0 Å². The van der Waals surface area contributed by atoms with Crippen LogP contribution in [0.25, 0.3) is 33.2 Å². The van der Waals surface area contributed by atoms with Gasteiger partial charge in [-0.3, -0.25) is 10.1 Å². The van der Waals surface area contributed by atoms with E-state index in [0.29, 0.717) is 0 Å². The molecule has 2 heterocycles. The summed E-state index contributed by atoms with van der Waals surface area (Å²) >= 11 is 0. The number of pyridine rings is 1. The number of aromatic amines is 1. The van der Waals surface area contributed by atoms with Gasteiger partial charge < -0.3 is 0 Å². The first-order valence-corrected chi connectivity index (χ1v) is 6.84. The van der Waals surface area contributed by atoms with E-state index in [9.17, 15) is 0 Å². The average Bonchev–Trinajstić information content (AvgIpc) is 3.09. The zero-order valence-electron chi connectivity index (χ0n) is 11.3. The lowest BCUT2D eigenvalue weighted by Crippen LogP contribution is -1.82. The molecule has 0 aliphatic heterocycles. The van der Waals surface area contributed by atoms with Crippen LogP contribution in [-0.4, -0.2) is 15.2 Å². The van der Waals surface area contributed by atoms with Gasteiger partial charge in [-0.2, -0.15) is 5.10 Å². The molecule has 4 rings (SSSR count). The number of nitrogens with one attached hydrogen (secondary N) is 1. The summed E-state index contributed by atoms with van der Waals surface area (Å²) in [4.78, 5) is 4.35. The minimum atomic E-state index is 1.02. The fraction of sp³-hybridized carbons (Fsp3) is 0. The van der Waals surface area contributed by atoms with E-state index in [1.54, 1.807) is 0 Å². The van der Waals surface area contributed by atoms with Crippen LogP contribution >= 0.6 is 0 Å². The predicted octanol–water partition coefficient (Wildman–Crippen LogP) is 4.29. The second kappa shape index (κ2) is 4.87. The van der Waals surface area contributed by atoms with Gasteiger partial charge in [-0.1, -0.05) is 36.4 Å². The van der Waals surface area contributed by atoms with E-state index in [2.05, 4.69) is 63.7 Å². The third kappa shape index (κ3) is 2.19. The Morgan fingerprint density at radius 3 is 2.29 bits per heavy atom. The number of hydrogen-bond acceptors (Lipinski definition) is 2. The third-order valence-electron chi connectivity index (χ3n) is 3.65. The van der Waals surface area contributed by atoms with E-state index >= 15 is 0 Å². The van der Waals surface area contributed by atoms with Crippen molar-refractivity contribution >= 4 is 10.9 Å². The SMILES string of the molecule is c1cnc2ccc(-c3ccc(-c4cn[nH]c4)cc3)cc2c1. The Labute approximate surface area is 122 Å². The molecule has 0 saturated carbocycles. The highest BCUT2D eigenvalue weighted by atomic mass is 15.1. The molecule has 1 N–H and O–H groups in total. The van der Waals surface area contributed by atoms with Crippen molar-refractivity contribution in [1.82, 2.24) is 15.2 Å². The van der Waals surface area contributed by atoms with Gasteiger partial charge in [0, 0.05) is 23.3 Å². The van der Waals surface area contributed by atoms with Crippen LogP contribution in [0.1, 0.15) is 0 Å². The molecule has 2 aromatic heterocycles. The molecular weight excluding hydrogens is 258 g/mol. The van der Waals surface area contributed by atoms with Crippen molar-refractivity contribution in [2.45, 2.75) is 0 Å². The lowest BCUT2D eigenvalue weighted by atomic mass is 10.0. The molecule has 0 saturated heterocycles. The molecule has 0 aliphatic carbocycles. The smallest absolute Gasteiger partial charge is 0.0702 e. The minimum Gasteiger partial charge on any atom is -0.285 e. The molecule has 0 amide bonds. The summed E-state index contributed by atoms with van der Waals surface area (Å²) in [6.07, 6.45) is 5.55. The molecule has 4 aromatic rings. The van der Waals surface area contributed by atoms with E-state index in [4.69, 9.17) is 0 Å². The minimum absolute atomic E-state index is 1.02. The maximum atomic E-state index is 4.35. The highest BCUT2D eigenvalue weighted by molar-refractivity contribution is 5.84. The van der Waals surface area contributed by atoms with Gasteiger partial charge >= 0.3 is 0 Å². The van der Waals surface area contributed by atoms with E-state index < -0.39 is 0 Å². The molecule has 3 heteroatoms. The normalized spacial score (nSPS) is 10.9. The fourth-order valence-electron chi connectivity index (χ4n) is 2.52. The lowest BCUT2D eigenvalue weighted by Gasteiger charge is -2.05. The Bertz CT molecular complexity index is 878. The van der Waals surface area contributed by atoms with Crippen molar-refractivity contribution in [3.63, 3.8) is 0 Å². The van der Waals surface area contributed by atoms with E-state index in [1.807, 2.05) is 24.7 Å². The molecule has 2 aromatic carbocycles. The second-order valence-corrected chi connectivity index (χ2v) is 4.98. The molecule has 0 aliphatic rings. The van der Waals surface area contributed by atoms with E-state index in [-0.39, 0.29) is 0 Å².